The van der Waals surface area contributed by atoms with Crippen molar-refractivity contribution in [3.05, 3.63) is 179 Å². The highest BCUT2D eigenvalue weighted by atomic mass is 14.4. The van der Waals surface area contributed by atoms with Gasteiger partial charge in [-0.2, -0.15) is 0 Å². The van der Waals surface area contributed by atoms with E-state index in [1.807, 2.05) is 0 Å². The fourth-order valence-electron chi connectivity index (χ4n) is 5.42. The number of benzene rings is 4. The van der Waals surface area contributed by atoms with Crippen molar-refractivity contribution in [3.63, 3.8) is 0 Å². The molecule has 0 heteroatoms. The summed E-state index contributed by atoms with van der Waals surface area (Å²) in [7, 11) is 0. The van der Waals surface area contributed by atoms with E-state index < -0.39 is 0 Å². The molecule has 0 saturated carbocycles. The third-order valence-electron chi connectivity index (χ3n) is 6.87. The lowest BCUT2D eigenvalue weighted by Gasteiger charge is -2.22. The molecule has 2 aliphatic rings. The van der Waals surface area contributed by atoms with Crippen LogP contribution in [0, 0.1) is 0 Å². The van der Waals surface area contributed by atoms with E-state index in [4.69, 9.17) is 0 Å². The molecule has 0 heterocycles. The van der Waals surface area contributed by atoms with E-state index in [2.05, 4.69) is 145 Å². The van der Waals surface area contributed by atoms with Crippen LogP contribution < -0.4 is 0 Å². The molecule has 2 aliphatic carbocycles. The molecular formula is C35H26. The van der Waals surface area contributed by atoms with Gasteiger partial charge in [0.1, 0.15) is 0 Å². The highest BCUT2D eigenvalue weighted by Gasteiger charge is 2.37. The largest absolute Gasteiger partial charge is 0.125 e. The molecule has 1 unspecified atom stereocenters. The lowest BCUT2D eigenvalue weighted by molar-refractivity contribution is 1.13. The highest BCUT2D eigenvalue weighted by molar-refractivity contribution is 6.16. The van der Waals surface area contributed by atoms with E-state index in [1.54, 1.807) is 0 Å². The van der Waals surface area contributed by atoms with Gasteiger partial charge in [0.25, 0.3) is 0 Å². The first kappa shape index (κ1) is 21.2. The summed E-state index contributed by atoms with van der Waals surface area (Å²) in [5, 5.41) is 0. The summed E-state index contributed by atoms with van der Waals surface area (Å²) in [6, 6.07) is 43.7. The van der Waals surface area contributed by atoms with Crippen molar-refractivity contribution >= 4 is 16.7 Å². The second-order valence-electron chi connectivity index (χ2n) is 8.95. The zero-order valence-electron chi connectivity index (χ0n) is 19.6. The first-order valence-electron chi connectivity index (χ1n) is 12.2. The molecule has 0 aromatic heterocycles. The Hall–Kier alpha value is -4.38. The van der Waals surface area contributed by atoms with Gasteiger partial charge in [-0.05, 0) is 68.7 Å². The quantitative estimate of drug-likeness (QED) is 0.269. The van der Waals surface area contributed by atoms with Gasteiger partial charge in [-0.1, -0.05) is 127 Å². The molecule has 0 nitrogen and oxygen atoms in total. The average molecular weight is 447 g/mol. The van der Waals surface area contributed by atoms with Crippen molar-refractivity contribution < 1.29 is 0 Å². The van der Waals surface area contributed by atoms with Crippen LogP contribution in [0.15, 0.2) is 156 Å². The average Bonchev–Trinajstić information content (AvgIpc) is 3.32. The predicted molar refractivity (Wildman–Crippen MR) is 148 cm³/mol. The Morgan fingerprint density at radius 1 is 0.514 bits per heavy atom. The van der Waals surface area contributed by atoms with Crippen LogP contribution in [0.1, 0.15) is 34.6 Å². The minimum atomic E-state index is 0.127. The summed E-state index contributed by atoms with van der Waals surface area (Å²) in [6.07, 6.45) is 7.32. The Balaban J connectivity index is 1.75. The lowest BCUT2D eigenvalue weighted by atomic mass is 9.81. The molecule has 0 N–H and O–H groups in total. The fraction of sp³-hybridized carbons (Fsp3) is 0.0571. The van der Waals surface area contributed by atoms with Gasteiger partial charge in [0.2, 0.25) is 0 Å². The van der Waals surface area contributed by atoms with Crippen molar-refractivity contribution in [2.45, 2.75) is 12.3 Å². The molecule has 0 spiro atoms. The first-order valence-corrected chi connectivity index (χ1v) is 12.2. The first-order chi connectivity index (χ1) is 17.4. The summed E-state index contributed by atoms with van der Waals surface area (Å²) < 4.78 is 0. The van der Waals surface area contributed by atoms with Gasteiger partial charge in [-0.3, -0.25) is 0 Å². The smallest absolute Gasteiger partial charge is 0.0364 e. The van der Waals surface area contributed by atoms with Crippen LogP contribution in [0.5, 0.6) is 0 Å². The van der Waals surface area contributed by atoms with Crippen molar-refractivity contribution in [2.24, 2.45) is 0 Å². The SMILES string of the molecule is C1=CC=C(C2=C(c3ccccc3)C(c3ccccc3)C(c3ccccc3)=C2c2ccccc2)CC=1. The molecule has 35 heavy (non-hydrogen) atoms. The maximum atomic E-state index is 3.27. The van der Waals surface area contributed by atoms with Crippen molar-refractivity contribution in [1.29, 1.82) is 0 Å². The second kappa shape index (κ2) is 9.47. The van der Waals surface area contributed by atoms with Crippen LogP contribution in [0.25, 0.3) is 16.7 Å². The van der Waals surface area contributed by atoms with Crippen LogP contribution in [0.2, 0.25) is 0 Å². The van der Waals surface area contributed by atoms with E-state index in [9.17, 15) is 0 Å². The fourth-order valence-corrected chi connectivity index (χ4v) is 5.42. The Bertz CT molecular complexity index is 1490. The van der Waals surface area contributed by atoms with Gasteiger partial charge in [-0.15, -0.1) is 5.73 Å². The molecule has 0 fully saturated rings. The topological polar surface area (TPSA) is 0 Å². The van der Waals surface area contributed by atoms with E-state index in [0.717, 1.165) is 6.42 Å². The Kier molecular flexibility index (Phi) is 5.73. The van der Waals surface area contributed by atoms with Gasteiger partial charge in [0, 0.05) is 5.92 Å². The van der Waals surface area contributed by atoms with Crippen molar-refractivity contribution in [2.75, 3.05) is 0 Å². The second-order valence-corrected chi connectivity index (χ2v) is 8.95. The summed E-state index contributed by atoms with van der Waals surface area (Å²) in [6.45, 7) is 0. The Labute approximate surface area is 207 Å². The molecule has 4 aromatic rings. The molecular weight excluding hydrogens is 420 g/mol. The maximum absolute atomic E-state index is 3.27. The van der Waals surface area contributed by atoms with E-state index >= 15 is 0 Å². The van der Waals surface area contributed by atoms with Gasteiger partial charge >= 0.3 is 0 Å². The third kappa shape index (κ3) is 3.95. The van der Waals surface area contributed by atoms with E-state index in [1.165, 1.54) is 50.1 Å². The normalized spacial score (nSPS) is 17.1. The Morgan fingerprint density at radius 2 is 1.00 bits per heavy atom. The van der Waals surface area contributed by atoms with Crippen LogP contribution in [-0.4, -0.2) is 0 Å². The van der Waals surface area contributed by atoms with Gasteiger partial charge in [0.05, 0.1) is 0 Å². The standard InChI is InChI=1S/C35H26/c1-6-16-26(17-7-1)31-32(27-18-8-2-9-19-27)34(29-22-12-4-13-23-29)35(30-24-14-5-15-25-30)33(31)28-20-10-3-11-21-28/h1-4,6-24,31H,25H2. The molecule has 4 aromatic carbocycles. The minimum Gasteiger partial charge on any atom is -0.125 e. The molecule has 0 saturated heterocycles. The van der Waals surface area contributed by atoms with Crippen LogP contribution in [-0.2, 0) is 0 Å². The number of rotatable bonds is 5. The van der Waals surface area contributed by atoms with Crippen molar-refractivity contribution in [1.82, 2.24) is 0 Å². The summed E-state index contributed by atoms with van der Waals surface area (Å²) in [4.78, 5) is 0. The summed E-state index contributed by atoms with van der Waals surface area (Å²) in [5.41, 5.74) is 15.2. The van der Waals surface area contributed by atoms with Gasteiger partial charge in [-0.25, -0.2) is 0 Å². The Morgan fingerprint density at radius 3 is 1.51 bits per heavy atom. The van der Waals surface area contributed by atoms with Gasteiger partial charge in [0.15, 0.2) is 0 Å². The van der Waals surface area contributed by atoms with Gasteiger partial charge < -0.3 is 0 Å². The highest BCUT2D eigenvalue weighted by Crippen LogP contribution is 2.57. The minimum absolute atomic E-state index is 0.127. The van der Waals surface area contributed by atoms with Crippen LogP contribution >= 0.6 is 0 Å². The van der Waals surface area contributed by atoms with Crippen LogP contribution in [0.3, 0.4) is 0 Å². The molecule has 0 aliphatic heterocycles. The molecule has 0 bridgehead atoms. The van der Waals surface area contributed by atoms with Crippen LogP contribution in [0.4, 0.5) is 0 Å². The zero-order valence-corrected chi connectivity index (χ0v) is 19.6. The molecule has 0 amide bonds. The maximum Gasteiger partial charge on any atom is 0.0364 e. The summed E-state index contributed by atoms with van der Waals surface area (Å²) >= 11 is 0. The third-order valence-corrected chi connectivity index (χ3v) is 6.87. The predicted octanol–water partition coefficient (Wildman–Crippen LogP) is 8.89. The zero-order chi connectivity index (χ0) is 23.5. The molecule has 166 valence electrons. The number of allylic oxidation sites excluding steroid dienone is 7. The summed E-state index contributed by atoms with van der Waals surface area (Å²) in [5.74, 6) is 0.127. The monoisotopic (exact) mass is 446 g/mol. The van der Waals surface area contributed by atoms with E-state index in [-0.39, 0.29) is 5.92 Å². The van der Waals surface area contributed by atoms with E-state index in [0.29, 0.717) is 0 Å². The molecule has 1 atom stereocenters. The molecule has 6 rings (SSSR count). The number of hydrogen-bond acceptors (Lipinski definition) is 0. The molecule has 0 radical (unpaired) electrons. The van der Waals surface area contributed by atoms with Crippen molar-refractivity contribution in [3.8, 4) is 0 Å². The number of hydrogen-bond donors (Lipinski definition) is 0. The lowest BCUT2D eigenvalue weighted by Crippen LogP contribution is -2.03.